The van der Waals surface area contributed by atoms with Crippen LogP contribution >= 0.6 is 0 Å². The number of carboxylic acids is 1. The molecular formula is C15H19N3O2. The molecule has 2 aromatic rings. The number of carbonyl (C=O) groups is 1. The van der Waals surface area contributed by atoms with E-state index in [1.807, 2.05) is 4.68 Å². The van der Waals surface area contributed by atoms with Crippen molar-refractivity contribution in [1.82, 2.24) is 15.0 Å². The van der Waals surface area contributed by atoms with Crippen molar-refractivity contribution in [1.29, 1.82) is 0 Å². The minimum Gasteiger partial charge on any atom is -0.478 e. The van der Waals surface area contributed by atoms with Gasteiger partial charge in [-0.25, -0.2) is 9.48 Å². The number of hydrogen-bond acceptors (Lipinski definition) is 3. The van der Waals surface area contributed by atoms with Gasteiger partial charge in [0.05, 0.1) is 17.1 Å². The largest absolute Gasteiger partial charge is 0.478 e. The Morgan fingerprint density at radius 2 is 2.10 bits per heavy atom. The molecule has 5 heteroatoms. The molecule has 1 aliphatic rings. The van der Waals surface area contributed by atoms with Crippen LogP contribution < -0.4 is 0 Å². The molecule has 0 saturated heterocycles. The first kappa shape index (κ1) is 13.1. The van der Waals surface area contributed by atoms with Gasteiger partial charge < -0.3 is 5.11 Å². The normalized spacial score (nSPS) is 23.6. The van der Waals surface area contributed by atoms with E-state index in [0.717, 1.165) is 17.5 Å². The SMILES string of the molecule is CC1CCCCCC1n1nnc2ccc(C(=O)O)cc21. The maximum Gasteiger partial charge on any atom is 0.335 e. The maximum atomic E-state index is 11.1. The van der Waals surface area contributed by atoms with Gasteiger partial charge in [-0.2, -0.15) is 0 Å². The Morgan fingerprint density at radius 1 is 1.30 bits per heavy atom. The molecule has 106 valence electrons. The Labute approximate surface area is 117 Å². The predicted molar refractivity (Wildman–Crippen MR) is 75.8 cm³/mol. The van der Waals surface area contributed by atoms with E-state index < -0.39 is 5.97 Å². The van der Waals surface area contributed by atoms with Gasteiger partial charge in [-0.15, -0.1) is 5.10 Å². The Balaban J connectivity index is 2.05. The third kappa shape index (κ3) is 2.28. The van der Waals surface area contributed by atoms with Crippen LogP contribution in [-0.2, 0) is 0 Å². The zero-order chi connectivity index (χ0) is 14.1. The average molecular weight is 273 g/mol. The number of hydrogen-bond donors (Lipinski definition) is 1. The fraction of sp³-hybridized carbons (Fsp3) is 0.533. The van der Waals surface area contributed by atoms with Crippen LogP contribution in [0.4, 0.5) is 0 Å². The van der Waals surface area contributed by atoms with Crippen molar-refractivity contribution < 1.29 is 9.90 Å². The fourth-order valence-corrected chi connectivity index (χ4v) is 3.15. The van der Waals surface area contributed by atoms with E-state index in [1.54, 1.807) is 18.2 Å². The van der Waals surface area contributed by atoms with Crippen molar-refractivity contribution in [2.24, 2.45) is 5.92 Å². The number of nitrogens with zero attached hydrogens (tertiary/aromatic N) is 3. The molecule has 3 rings (SSSR count). The Bertz CT molecular complexity index is 635. The minimum atomic E-state index is -0.909. The van der Waals surface area contributed by atoms with Crippen molar-refractivity contribution in [3.8, 4) is 0 Å². The van der Waals surface area contributed by atoms with E-state index in [4.69, 9.17) is 5.11 Å². The standard InChI is InChI=1S/C15H19N3O2/c1-10-5-3-2-4-6-13(10)18-14-9-11(15(19)20)7-8-12(14)16-17-18/h7-10,13H,2-6H2,1H3,(H,19,20). The first-order valence-corrected chi connectivity index (χ1v) is 7.25. The van der Waals surface area contributed by atoms with Crippen LogP contribution in [-0.4, -0.2) is 26.1 Å². The molecule has 2 unspecified atom stereocenters. The number of benzene rings is 1. The fourth-order valence-electron chi connectivity index (χ4n) is 3.15. The predicted octanol–water partition coefficient (Wildman–Crippen LogP) is 3.27. The summed E-state index contributed by atoms with van der Waals surface area (Å²) in [6, 6.07) is 5.34. The van der Waals surface area contributed by atoms with Crippen LogP contribution in [0.2, 0.25) is 0 Å². The van der Waals surface area contributed by atoms with Gasteiger partial charge in [-0.05, 0) is 37.0 Å². The van der Waals surface area contributed by atoms with E-state index in [9.17, 15) is 4.79 Å². The topological polar surface area (TPSA) is 68.0 Å². The summed E-state index contributed by atoms with van der Waals surface area (Å²) in [6.07, 6.45) is 6.04. The molecule has 0 bridgehead atoms. The lowest BCUT2D eigenvalue weighted by molar-refractivity contribution is 0.0697. The summed E-state index contributed by atoms with van der Waals surface area (Å²) < 4.78 is 1.94. The number of fused-ring (bicyclic) bond motifs is 1. The van der Waals surface area contributed by atoms with Crippen molar-refractivity contribution in [2.75, 3.05) is 0 Å². The minimum absolute atomic E-state index is 0.294. The van der Waals surface area contributed by atoms with Crippen LogP contribution in [0.1, 0.15) is 55.4 Å². The molecule has 1 fully saturated rings. The molecule has 5 nitrogen and oxygen atoms in total. The van der Waals surface area contributed by atoms with Gasteiger partial charge in [0.1, 0.15) is 5.52 Å². The van der Waals surface area contributed by atoms with Crippen molar-refractivity contribution in [3.63, 3.8) is 0 Å². The Morgan fingerprint density at radius 3 is 2.90 bits per heavy atom. The molecule has 1 saturated carbocycles. The van der Waals surface area contributed by atoms with Crippen LogP contribution in [0, 0.1) is 5.92 Å². The van der Waals surface area contributed by atoms with Crippen LogP contribution in [0.15, 0.2) is 18.2 Å². The second-order valence-corrected chi connectivity index (χ2v) is 5.73. The molecule has 2 atom stereocenters. The molecular weight excluding hydrogens is 254 g/mol. The summed E-state index contributed by atoms with van der Waals surface area (Å²) in [5.74, 6) is -0.357. The number of carboxylic acid groups (broad SMARTS) is 1. The van der Waals surface area contributed by atoms with Crippen molar-refractivity contribution in [3.05, 3.63) is 23.8 Å². The van der Waals surface area contributed by atoms with Crippen LogP contribution in [0.3, 0.4) is 0 Å². The second kappa shape index (κ2) is 5.23. The van der Waals surface area contributed by atoms with Crippen LogP contribution in [0.25, 0.3) is 11.0 Å². The van der Waals surface area contributed by atoms with E-state index in [-0.39, 0.29) is 0 Å². The number of aromatic nitrogens is 3. The molecule has 1 heterocycles. The lowest BCUT2D eigenvalue weighted by atomic mass is 9.97. The summed E-state index contributed by atoms with van der Waals surface area (Å²) in [7, 11) is 0. The number of rotatable bonds is 2. The van der Waals surface area contributed by atoms with Gasteiger partial charge in [-0.3, -0.25) is 0 Å². The van der Waals surface area contributed by atoms with Crippen molar-refractivity contribution >= 4 is 17.0 Å². The third-order valence-corrected chi connectivity index (χ3v) is 4.35. The second-order valence-electron chi connectivity index (χ2n) is 5.73. The number of aromatic carboxylic acids is 1. The van der Waals surface area contributed by atoms with Gasteiger partial charge in [0.25, 0.3) is 0 Å². The molecule has 1 aliphatic carbocycles. The quantitative estimate of drug-likeness (QED) is 0.853. The Kier molecular flexibility index (Phi) is 3.42. The summed E-state index contributed by atoms with van der Waals surface area (Å²) in [5, 5.41) is 17.6. The Hall–Kier alpha value is -1.91. The molecule has 1 N–H and O–H groups in total. The van der Waals surface area contributed by atoms with E-state index in [0.29, 0.717) is 17.5 Å². The average Bonchev–Trinajstić information content (AvgIpc) is 2.73. The first-order valence-electron chi connectivity index (χ1n) is 7.25. The zero-order valence-electron chi connectivity index (χ0n) is 11.6. The zero-order valence-corrected chi connectivity index (χ0v) is 11.6. The highest BCUT2D eigenvalue weighted by molar-refractivity contribution is 5.92. The smallest absolute Gasteiger partial charge is 0.335 e. The van der Waals surface area contributed by atoms with E-state index in [1.165, 1.54) is 25.7 Å². The molecule has 20 heavy (non-hydrogen) atoms. The third-order valence-electron chi connectivity index (χ3n) is 4.35. The molecule has 0 amide bonds. The van der Waals surface area contributed by atoms with Gasteiger partial charge in [0.2, 0.25) is 0 Å². The first-order chi connectivity index (χ1) is 9.66. The van der Waals surface area contributed by atoms with Gasteiger partial charge in [0, 0.05) is 0 Å². The summed E-state index contributed by atoms with van der Waals surface area (Å²) >= 11 is 0. The monoisotopic (exact) mass is 273 g/mol. The highest BCUT2D eigenvalue weighted by Gasteiger charge is 2.24. The van der Waals surface area contributed by atoms with Crippen molar-refractivity contribution in [2.45, 2.75) is 45.1 Å². The summed E-state index contributed by atoms with van der Waals surface area (Å²) in [6.45, 7) is 2.25. The summed E-state index contributed by atoms with van der Waals surface area (Å²) in [5.41, 5.74) is 1.90. The molecule has 0 aliphatic heterocycles. The van der Waals surface area contributed by atoms with E-state index in [2.05, 4.69) is 17.2 Å². The van der Waals surface area contributed by atoms with Crippen LogP contribution in [0.5, 0.6) is 0 Å². The molecule has 1 aromatic heterocycles. The summed E-state index contributed by atoms with van der Waals surface area (Å²) in [4.78, 5) is 11.1. The van der Waals surface area contributed by atoms with Gasteiger partial charge >= 0.3 is 5.97 Å². The lowest BCUT2D eigenvalue weighted by Gasteiger charge is -2.22. The highest BCUT2D eigenvalue weighted by atomic mass is 16.4. The molecule has 0 spiro atoms. The highest BCUT2D eigenvalue weighted by Crippen LogP contribution is 2.33. The molecule has 0 radical (unpaired) electrons. The maximum absolute atomic E-state index is 11.1. The lowest BCUT2D eigenvalue weighted by Crippen LogP contribution is -2.17. The molecule has 1 aromatic carbocycles. The van der Waals surface area contributed by atoms with Gasteiger partial charge in [-0.1, -0.05) is 31.4 Å². The van der Waals surface area contributed by atoms with Gasteiger partial charge in [0.15, 0.2) is 0 Å². The van der Waals surface area contributed by atoms with E-state index >= 15 is 0 Å².